The molecule has 3 rings (SSSR count). The van der Waals surface area contributed by atoms with E-state index in [9.17, 15) is 4.79 Å². The number of carbonyl (C=O) groups excluding carboxylic acids is 1. The minimum absolute atomic E-state index is 0.0897. The molecule has 0 aliphatic carbocycles. The van der Waals surface area contributed by atoms with Gasteiger partial charge in [0.2, 0.25) is 0 Å². The lowest BCUT2D eigenvalue weighted by atomic mass is 10.2. The van der Waals surface area contributed by atoms with Gasteiger partial charge in [-0.2, -0.15) is 0 Å². The Kier molecular flexibility index (Phi) is 5.59. The van der Waals surface area contributed by atoms with Crippen molar-refractivity contribution in [2.24, 2.45) is 0 Å². The van der Waals surface area contributed by atoms with Gasteiger partial charge in [0.25, 0.3) is 5.91 Å². The molecule has 0 saturated carbocycles. The van der Waals surface area contributed by atoms with Crippen molar-refractivity contribution >= 4 is 55.8 Å². The summed E-state index contributed by atoms with van der Waals surface area (Å²) >= 11 is 13.6. The molecule has 0 fully saturated rings. The molecule has 0 aliphatic rings. The molecule has 1 amide bonds. The molecule has 0 bridgehead atoms. The summed E-state index contributed by atoms with van der Waals surface area (Å²) in [6.45, 7) is 1.38. The van der Waals surface area contributed by atoms with E-state index in [0.29, 0.717) is 27.3 Å². The normalized spacial score (nSPS) is 11.2. The third-order valence-electron chi connectivity index (χ3n) is 3.76. The van der Waals surface area contributed by atoms with Crippen LogP contribution in [0, 0.1) is 0 Å². The zero-order valence-corrected chi connectivity index (χ0v) is 16.3. The van der Waals surface area contributed by atoms with Crippen molar-refractivity contribution in [3.05, 3.63) is 58.1 Å². The number of halogens is 2. The number of likely N-dealkylation sites (N-methyl/N-ethyl adjacent to an activating group) is 1. The molecule has 0 unspecified atom stereocenters. The van der Waals surface area contributed by atoms with Crippen LogP contribution in [0.5, 0.6) is 0 Å². The molecule has 4 nitrogen and oxygen atoms in total. The smallest absolute Gasteiger partial charge is 0.260 e. The van der Waals surface area contributed by atoms with Crippen LogP contribution in [0.4, 0.5) is 5.13 Å². The molecule has 1 heterocycles. The van der Waals surface area contributed by atoms with Crippen LogP contribution in [0.3, 0.4) is 0 Å². The summed E-state index contributed by atoms with van der Waals surface area (Å²) in [5.74, 6) is -0.0897. The number of hydrogen-bond acceptors (Lipinski definition) is 3. The maximum absolute atomic E-state index is 13.0. The van der Waals surface area contributed by atoms with Gasteiger partial charge >= 0.3 is 0 Å². The standard InChI is InChI=1S/C18H17Cl2N3OS/c1-22(2)10-11-23(17(24)12-6-8-13(19)9-7-12)18-21-16-14(20)4-3-5-15(16)25-18/h3-9H,10-11H2,1-2H3/p+1. The van der Waals surface area contributed by atoms with Crippen molar-refractivity contribution in [1.82, 2.24) is 4.98 Å². The van der Waals surface area contributed by atoms with Crippen LogP contribution >= 0.6 is 34.5 Å². The van der Waals surface area contributed by atoms with Gasteiger partial charge in [-0.15, -0.1) is 0 Å². The third kappa shape index (κ3) is 4.12. The van der Waals surface area contributed by atoms with Gasteiger partial charge < -0.3 is 4.90 Å². The molecule has 0 radical (unpaired) electrons. The van der Waals surface area contributed by atoms with E-state index in [4.69, 9.17) is 23.2 Å². The second kappa shape index (κ2) is 7.70. The second-order valence-corrected chi connectivity index (χ2v) is 7.86. The van der Waals surface area contributed by atoms with E-state index in [0.717, 1.165) is 16.8 Å². The van der Waals surface area contributed by atoms with Crippen molar-refractivity contribution in [3.63, 3.8) is 0 Å². The van der Waals surface area contributed by atoms with E-state index in [1.54, 1.807) is 29.2 Å². The van der Waals surface area contributed by atoms with Gasteiger partial charge in [0.1, 0.15) is 5.52 Å². The van der Waals surface area contributed by atoms with E-state index >= 15 is 0 Å². The number of para-hydroxylation sites is 1. The Morgan fingerprint density at radius 3 is 2.52 bits per heavy atom. The number of fused-ring (bicyclic) bond motifs is 1. The van der Waals surface area contributed by atoms with E-state index in [-0.39, 0.29) is 5.91 Å². The molecule has 7 heteroatoms. The maximum Gasteiger partial charge on any atom is 0.260 e. The predicted octanol–water partition coefficient (Wildman–Crippen LogP) is 3.39. The van der Waals surface area contributed by atoms with Crippen LogP contribution in [-0.4, -0.2) is 38.1 Å². The molecule has 2 aromatic carbocycles. The summed E-state index contributed by atoms with van der Waals surface area (Å²) < 4.78 is 0.966. The molecule has 1 N–H and O–H groups in total. The fraction of sp³-hybridized carbons (Fsp3) is 0.222. The summed E-state index contributed by atoms with van der Waals surface area (Å²) in [5, 5.41) is 1.86. The fourth-order valence-corrected chi connectivity index (χ4v) is 3.80. The molecular weight excluding hydrogens is 377 g/mol. The highest BCUT2D eigenvalue weighted by Gasteiger charge is 2.22. The third-order valence-corrected chi connectivity index (χ3v) is 5.36. The fourth-order valence-electron chi connectivity index (χ4n) is 2.39. The Hall–Kier alpha value is -1.66. The van der Waals surface area contributed by atoms with E-state index in [1.165, 1.54) is 16.2 Å². The van der Waals surface area contributed by atoms with Crippen LogP contribution in [0.2, 0.25) is 10.0 Å². The van der Waals surface area contributed by atoms with Gasteiger partial charge in [0.05, 0.1) is 36.9 Å². The highest BCUT2D eigenvalue weighted by molar-refractivity contribution is 7.22. The Bertz CT molecular complexity index is 893. The minimum Gasteiger partial charge on any atom is -0.338 e. The molecular formula is C18H18Cl2N3OS+. The van der Waals surface area contributed by atoms with Crippen molar-refractivity contribution in [1.29, 1.82) is 0 Å². The number of rotatable bonds is 5. The number of amides is 1. The average molecular weight is 395 g/mol. The molecule has 0 aliphatic heterocycles. The van der Waals surface area contributed by atoms with Crippen molar-refractivity contribution < 1.29 is 9.69 Å². The van der Waals surface area contributed by atoms with Gasteiger partial charge in [0, 0.05) is 10.6 Å². The van der Waals surface area contributed by atoms with Gasteiger partial charge in [-0.25, -0.2) is 4.98 Å². The van der Waals surface area contributed by atoms with Crippen LogP contribution < -0.4 is 9.80 Å². The molecule has 0 spiro atoms. The SMILES string of the molecule is C[NH+](C)CCN(C(=O)c1ccc(Cl)cc1)c1nc2c(Cl)cccc2s1. The maximum atomic E-state index is 13.0. The molecule has 3 aromatic rings. The lowest BCUT2D eigenvalue weighted by Crippen LogP contribution is -3.06. The quantitative estimate of drug-likeness (QED) is 0.719. The van der Waals surface area contributed by atoms with Crippen molar-refractivity contribution in [3.8, 4) is 0 Å². The minimum atomic E-state index is -0.0897. The van der Waals surface area contributed by atoms with Crippen molar-refractivity contribution in [2.45, 2.75) is 0 Å². The number of nitrogens with zero attached hydrogens (tertiary/aromatic N) is 2. The number of benzene rings is 2. The summed E-state index contributed by atoms with van der Waals surface area (Å²) in [6.07, 6.45) is 0. The number of anilines is 1. The summed E-state index contributed by atoms with van der Waals surface area (Å²) in [7, 11) is 4.11. The van der Waals surface area contributed by atoms with Gasteiger partial charge in [-0.3, -0.25) is 9.69 Å². The summed E-state index contributed by atoms with van der Waals surface area (Å²) in [5.41, 5.74) is 1.32. The molecule has 25 heavy (non-hydrogen) atoms. The van der Waals surface area contributed by atoms with Gasteiger partial charge in [0.15, 0.2) is 5.13 Å². The number of thiazole rings is 1. The van der Waals surface area contributed by atoms with Gasteiger partial charge in [-0.1, -0.05) is 40.6 Å². The topological polar surface area (TPSA) is 37.6 Å². The number of carbonyl (C=O) groups is 1. The summed E-state index contributed by atoms with van der Waals surface area (Å²) in [6, 6.07) is 12.6. The monoisotopic (exact) mass is 394 g/mol. The second-order valence-electron chi connectivity index (χ2n) is 6.00. The highest BCUT2D eigenvalue weighted by atomic mass is 35.5. The van der Waals surface area contributed by atoms with E-state index in [1.807, 2.05) is 18.2 Å². The first-order valence-electron chi connectivity index (χ1n) is 7.87. The average Bonchev–Trinajstić information content (AvgIpc) is 3.00. The first-order valence-corrected chi connectivity index (χ1v) is 9.44. The molecule has 130 valence electrons. The summed E-state index contributed by atoms with van der Waals surface area (Å²) in [4.78, 5) is 20.6. The first kappa shape index (κ1) is 18.1. The van der Waals surface area contributed by atoms with E-state index in [2.05, 4.69) is 19.1 Å². The number of quaternary nitrogens is 1. The molecule has 1 aromatic heterocycles. The Labute approximate surface area is 160 Å². The predicted molar refractivity (Wildman–Crippen MR) is 105 cm³/mol. The first-order chi connectivity index (χ1) is 12.0. The van der Waals surface area contributed by atoms with Crippen LogP contribution in [0.25, 0.3) is 10.2 Å². The van der Waals surface area contributed by atoms with Crippen LogP contribution in [-0.2, 0) is 0 Å². The van der Waals surface area contributed by atoms with Crippen LogP contribution in [0.1, 0.15) is 10.4 Å². The number of nitrogens with one attached hydrogen (secondary N) is 1. The molecule has 0 saturated heterocycles. The lowest BCUT2D eigenvalue weighted by molar-refractivity contribution is -0.856. The van der Waals surface area contributed by atoms with Crippen LogP contribution in [0.15, 0.2) is 42.5 Å². The highest BCUT2D eigenvalue weighted by Crippen LogP contribution is 2.33. The zero-order chi connectivity index (χ0) is 18.0. The number of aromatic nitrogens is 1. The Morgan fingerprint density at radius 2 is 1.88 bits per heavy atom. The number of hydrogen-bond donors (Lipinski definition) is 1. The Balaban J connectivity index is 1.99. The van der Waals surface area contributed by atoms with Gasteiger partial charge in [-0.05, 0) is 36.4 Å². The lowest BCUT2D eigenvalue weighted by Gasteiger charge is -2.20. The zero-order valence-electron chi connectivity index (χ0n) is 13.9. The molecule has 0 atom stereocenters. The van der Waals surface area contributed by atoms with Crippen molar-refractivity contribution in [2.75, 3.05) is 32.1 Å². The Morgan fingerprint density at radius 1 is 1.16 bits per heavy atom. The largest absolute Gasteiger partial charge is 0.338 e. The van der Waals surface area contributed by atoms with E-state index < -0.39 is 0 Å².